The van der Waals surface area contributed by atoms with Crippen LogP contribution in [0.1, 0.15) is 99.3 Å². The van der Waals surface area contributed by atoms with E-state index in [1.54, 1.807) is 5.43 Å². The van der Waals surface area contributed by atoms with Gasteiger partial charge < -0.3 is 31.0 Å². The third kappa shape index (κ3) is 9.29. The molecule has 6 atom stereocenters. The number of amides is 3. The molecule has 2 bridgehead atoms. The number of hydrogen-bond donors (Lipinski definition) is 5. The van der Waals surface area contributed by atoms with Gasteiger partial charge in [-0.3, -0.25) is 14.4 Å². The molecule has 6 N–H and O–H groups in total. The van der Waals surface area contributed by atoms with E-state index in [-0.39, 0.29) is 60.5 Å². The highest BCUT2D eigenvalue weighted by atomic mass is 16.7. The van der Waals surface area contributed by atoms with Crippen LogP contribution < -0.4 is 27.1 Å². The summed E-state index contributed by atoms with van der Waals surface area (Å²) in [5, 5.41) is 18.5. The van der Waals surface area contributed by atoms with Gasteiger partial charge in [0.05, 0.1) is 17.6 Å². The fourth-order valence-corrected chi connectivity index (χ4v) is 7.11. The van der Waals surface area contributed by atoms with Crippen LogP contribution in [0.15, 0.2) is 4.99 Å². The lowest BCUT2D eigenvalue weighted by molar-refractivity contribution is -0.525. The Morgan fingerprint density at radius 3 is 2.48 bits per heavy atom. The van der Waals surface area contributed by atoms with Crippen LogP contribution in [0.3, 0.4) is 0 Å². The van der Waals surface area contributed by atoms with Gasteiger partial charge in [-0.2, -0.15) is 0 Å². The predicted molar refractivity (Wildman–Crippen MR) is 166 cm³/mol. The van der Waals surface area contributed by atoms with Crippen LogP contribution >= 0.6 is 0 Å². The van der Waals surface area contributed by atoms with Crippen LogP contribution in [0.4, 0.5) is 0 Å². The molecule has 0 aromatic heterocycles. The van der Waals surface area contributed by atoms with Crippen LogP contribution in [0, 0.1) is 33.3 Å². The first-order chi connectivity index (χ1) is 20.6. The quantitative estimate of drug-likeness (QED) is 0.0402. The van der Waals surface area contributed by atoms with E-state index in [0.717, 1.165) is 25.7 Å². The molecule has 0 spiro atoms. The van der Waals surface area contributed by atoms with Gasteiger partial charge in [-0.25, -0.2) is 15.1 Å². The summed E-state index contributed by atoms with van der Waals surface area (Å²) in [6.07, 6.45) is 5.67. The highest BCUT2D eigenvalue weighted by molar-refractivity contribution is 6.48. The molecule has 44 heavy (non-hydrogen) atoms. The van der Waals surface area contributed by atoms with E-state index in [9.17, 15) is 24.5 Å². The predicted octanol–water partition coefficient (Wildman–Crippen LogP) is 1.84. The largest absolute Gasteiger partial charge is 0.481 e. The summed E-state index contributed by atoms with van der Waals surface area (Å²) in [5.74, 6) is -0.168. The number of nitrogens with two attached hydrogens (primary N) is 1. The van der Waals surface area contributed by atoms with Crippen LogP contribution in [0.25, 0.3) is 0 Å². The van der Waals surface area contributed by atoms with Crippen molar-refractivity contribution in [3.8, 4) is 0 Å². The number of nitrogens with zero attached hydrogens (tertiary/aromatic N) is 2. The molecule has 3 aliphatic carbocycles. The first-order valence-electron chi connectivity index (χ1n) is 16.0. The van der Waals surface area contributed by atoms with Gasteiger partial charge in [-0.15, -0.1) is 0 Å². The number of aliphatic imine (C=N–C) groups is 1. The van der Waals surface area contributed by atoms with Crippen molar-refractivity contribution in [3.05, 3.63) is 10.1 Å². The summed E-state index contributed by atoms with van der Waals surface area (Å²) in [7, 11) is -0.593. The fourth-order valence-electron chi connectivity index (χ4n) is 7.11. The Balaban J connectivity index is 1.64. The fraction of sp³-hybridized carbons (Fsp3) is 0.862. The normalized spacial score (nSPS) is 26.7. The van der Waals surface area contributed by atoms with E-state index in [4.69, 9.17) is 15.0 Å². The SMILES string of the molecule is CC(=O)NCCCCCC(=O)N[C@@H](CCCN=C(N)N[N+](=O)[O-])C(=O)NC(CC(C)C)B1OC2CC3CC(C3(C)C)[C@]2(C)O1. The van der Waals surface area contributed by atoms with Gasteiger partial charge in [0.15, 0.2) is 5.03 Å². The molecular weight excluding hydrogens is 569 g/mol. The van der Waals surface area contributed by atoms with Crippen molar-refractivity contribution in [2.45, 2.75) is 123 Å². The molecule has 0 radical (unpaired) electrons. The van der Waals surface area contributed by atoms with Crippen LogP contribution in [0.2, 0.25) is 0 Å². The van der Waals surface area contributed by atoms with Gasteiger partial charge in [0.25, 0.3) is 5.96 Å². The minimum Gasteiger partial charge on any atom is -0.404 e. The van der Waals surface area contributed by atoms with E-state index in [2.05, 4.69) is 55.6 Å². The zero-order chi connectivity index (χ0) is 32.7. The number of hydrogen-bond acceptors (Lipinski definition) is 8. The van der Waals surface area contributed by atoms with Crippen molar-refractivity contribution in [2.75, 3.05) is 13.1 Å². The first kappa shape index (κ1) is 35.5. The molecule has 0 aromatic rings. The summed E-state index contributed by atoms with van der Waals surface area (Å²) >= 11 is 0. The molecule has 1 saturated heterocycles. The molecule has 1 heterocycles. The van der Waals surface area contributed by atoms with Crippen LogP contribution in [0.5, 0.6) is 0 Å². The topological polar surface area (TPSA) is 199 Å². The van der Waals surface area contributed by atoms with Crippen molar-refractivity contribution in [3.63, 3.8) is 0 Å². The molecule has 248 valence electrons. The second-order valence-electron chi connectivity index (χ2n) is 13.8. The number of nitrogens with one attached hydrogen (secondary N) is 4. The Morgan fingerprint density at radius 2 is 1.84 bits per heavy atom. The minimum absolute atomic E-state index is 0.0203. The number of unbranched alkanes of at least 4 members (excludes halogenated alkanes) is 2. The molecule has 3 amide bonds. The maximum Gasteiger partial charge on any atom is 0.481 e. The number of carbonyl (C=O) groups is 3. The first-order valence-corrected chi connectivity index (χ1v) is 16.0. The molecule has 3 saturated carbocycles. The Labute approximate surface area is 261 Å². The zero-order valence-corrected chi connectivity index (χ0v) is 27.1. The van der Waals surface area contributed by atoms with E-state index < -0.39 is 29.7 Å². The molecule has 4 fully saturated rings. The Morgan fingerprint density at radius 1 is 1.11 bits per heavy atom. The van der Waals surface area contributed by atoms with Crippen LogP contribution in [-0.2, 0) is 23.7 Å². The van der Waals surface area contributed by atoms with Gasteiger partial charge in [-0.1, -0.05) is 39.5 Å². The van der Waals surface area contributed by atoms with Gasteiger partial charge >= 0.3 is 7.12 Å². The average molecular weight is 622 g/mol. The van der Waals surface area contributed by atoms with Gasteiger partial charge in [0.1, 0.15) is 6.04 Å². The number of carbonyl (C=O) groups excluding carboxylic acids is 3. The summed E-state index contributed by atoms with van der Waals surface area (Å²) < 4.78 is 13.2. The Kier molecular flexibility index (Phi) is 12.4. The number of hydrazine groups is 1. The molecule has 4 unspecified atom stereocenters. The second kappa shape index (κ2) is 15.4. The smallest absolute Gasteiger partial charge is 0.404 e. The number of nitro groups is 1. The summed E-state index contributed by atoms with van der Waals surface area (Å²) in [4.78, 5) is 52.1. The Hall–Kier alpha value is -2.94. The molecule has 0 aromatic carbocycles. The highest BCUT2D eigenvalue weighted by Crippen LogP contribution is 2.65. The molecule has 4 rings (SSSR count). The van der Waals surface area contributed by atoms with Crippen molar-refractivity contribution < 1.29 is 28.7 Å². The summed E-state index contributed by atoms with van der Waals surface area (Å²) in [6, 6.07) is -0.845. The molecular formula is C29H52BN7O7. The standard InChI is InChI=1S/C29H52BN7O7/c1-18(2)15-24(30-43-23-17-20-16-22(28(20,4)5)29(23,6)44-30)35-26(40)21(11-10-14-33-27(31)36-37(41)42)34-25(39)12-8-7-9-13-32-19(3)38/h18,20-24H,7-17H2,1-6H3,(H,32,38)(H,34,39)(H,35,40)(H3,31,33,36)/t20?,21-,22?,23?,24?,29-/m0/s1. The lowest BCUT2D eigenvalue weighted by Crippen LogP contribution is -2.65. The van der Waals surface area contributed by atoms with Crippen molar-refractivity contribution >= 4 is 30.8 Å². The molecule has 14 nitrogen and oxygen atoms in total. The third-order valence-corrected chi connectivity index (χ3v) is 9.60. The van der Waals surface area contributed by atoms with Crippen molar-refractivity contribution in [1.82, 2.24) is 21.4 Å². The van der Waals surface area contributed by atoms with Crippen LogP contribution in [-0.4, -0.2) is 72.6 Å². The molecule has 15 heteroatoms. The average Bonchev–Trinajstić information content (AvgIpc) is 3.28. The van der Waals surface area contributed by atoms with Crippen molar-refractivity contribution in [2.24, 2.45) is 33.9 Å². The zero-order valence-electron chi connectivity index (χ0n) is 27.1. The van der Waals surface area contributed by atoms with Gasteiger partial charge in [-0.05, 0) is 75.0 Å². The summed E-state index contributed by atoms with van der Waals surface area (Å²) in [6.45, 7) is 13.1. The van der Waals surface area contributed by atoms with E-state index >= 15 is 0 Å². The Bertz CT molecular complexity index is 1070. The maximum atomic E-state index is 13.7. The van der Waals surface area contributed by atoms with E-state index in [0.29, 0.717) is 37.6 Å². The number of guanidine groups is 1. The van der Waals surface area contributed by atoms with Crippen molar-refractivity contribution in [1.29, 1.82) is 0 Å². The monoisotopic (exact) mass is 621 g/mol. The van der Waals surface area contributed by atoms with E-state index in [1.165, 1.54) is 6.92 Å². The third-order valence-electron chi connectivity index (χ3n) is 9.60. The highest BCUT2D eigenvalue weighted by Gasteiger charge is 2.68. The maximum absolute atomic E-state index is 13.7. The minimum atomic E-state index is -0.845. The molecule has 1 aliphatic heterocycles. The van der Waals surface area contributed by atoms with E-state index in [1.807, 2.05) is 0 Å². The van der Waals surface area contributed by atoms with Gasteiger partial charge in [0.2, 0.25) is 17.7 Å². The lowest BCUT2D eigenvalue weighted by atomic mass is 9.43. The van der Waals surface area contributed by atoms with Gasteiger partial charge in [0, 0.05) is 26.4 Å². The lowest BCUT2D eigenvalue weighted by Gasteiger charge is -2.64. The second-order valence-corrected chi connectivity index (χ2v) is 13.8. The number of rotatable bonds is 17. The summed E-state index contributed by atoms with van der Waals surface area (Å²) in [5.41, 5.74) is 7.08. The molecule has 4 aliphatic rings.